The van der Waals surface area contributed by atoms with E-state index in [2.05, 4.69) is 12.1 Å². The van der Waals surface area contributed by atoms with Crippen LogP contribution in [-0.4, -0.2) is 18.6 Å². The molecule has 0 radical (unpaired) electrons. The van der Waals surface area contributed by atoms with Crippen LogP contribution in [0.3, 0.4) is 0 Å². The molecule has 0 amide bonds. The van der Waals surface area contributed by atoms with Crippen molar-refractivity contribution < 1.29 is 9.57 Å². The van der Waals surface area contributed by atoms with Crippen LogP contribution in [0, 0.1) is 0 Å². The molecule has 0 aliphatic carbocycles. The van der Waals surface area contributed by atoms with Crippen LogP contribution in [0.25, 0.3) is 0 Å². The van der Waals surface area contributed by atoms with Crippen molar-refractivity contribution >= 4 is 5.71 Å². The van der Waals surface area contributed by atoms with Crippen LogP contribution in [-0.2, 0) is 9.57 Å². The topological polar surface area (TPSA) is 30.8 Å². The standard InChI is InChI=1S/C9H17NO2/c1-3-8(2)10-12-9-6-4-5-7-11-9/h9H,3-7H2,1-2H3/b10-8+. The summed E-state index contributed by atoms with van der Waals surface area (Å²) in [7, 11) is 0. The average molecular weight is 171 g/mol. The van der Waals surface area contributed by atoms with Crippen molar-refractivity contribution in [2.45, 2.75) is 45.8 Å². The smallest absolute Gasteiger partial charge is 0.226 e. The summed E-state index contributed by atoms with van der Waals surface area (Å²) < 4.78 is 5.34. The van der Waals surface area contributed by atoms with Gasteiger partial charge in [0.05, 0.1) is 12.3 Å². The minimum Gasteiger partial charge on any atom is -0.364 e. The van der Waals surface area contributed by atoms with Crippen molar-refractivity contribution in [1.82, 2.24) is 0 Å². The molecule has 3 heteroatoms. The van der Waals surface area contributed by atoms with Crippen molar-refractivity contribution in [3.8, 4) is 0 Å². The molecule has 0 aromatic carbocycles. The summed E-state index contributed by atoms with van der Waals surface area (Å²) in [5, 5.41) is 3.96. The van der Waals surface area contributed by atoms with Gasteiger partial charge in [0.15, 0.2) is 0 Å². The van der Waals surface area contributed by atoms with E-state index in [4.69, 9.17) is 9.57 Å². The highest BCUT2D eigenvalue weighted by Gasteiger charge is 2.14. The van der Waals surface area contributed by atoms with Crippen LogP contribution in [0.4, 0.5) is 0 Å². The van der Waals surface area contributed by atoms with Gasteiger partial charge < -0.3 is 9.57 Å². The van der Waals surface area contributed by atoms with E-state index in [9.17, 15) is 0 Å². The Labute approximate surface area is 73.7 Å². The largest absolute Gasteiger partial charge is 0.364 e. The van der Waals surface area contributed by atoms with Gasteiger partial charge in [-0.25, -0.2) is 0 Å². The molecule has 0 spiro atoms. The third kappa shape index (κ3) is 3.22. The third-order valence-electron chi connectivity index (χ3n) is 1.98. The molecule has 1 rings (SSSR count). The van der Waals surface area contributed by atoms with Gasteiger partial charge in [-0.3, -0.25) is 0 Å². The fraction of sp³-hybridized carbons (Fsp3) is 0.889. The van der Waals surface area contributed by atoms with Crippen molar-refractivity contribution in [1.29, 1.82) is 0 Å². The van der Waals surface area contributed by atoms with E-state index in [1.54, 1.807) is 0 Å². The molecule has 1 saturated heterocycles. The summed E-state index contributed by atoms with van der Waals surface area (Å²) in [5.41, 5.74) is 1.02. The first kappa shape index (κ1) is 9.52. The minimum atomic E-state index is -0.0970. The Bertz CT molecular complexity index is 151. The van der Waals surface area contributed by atoms with Crippen molar-refractivity contribution in [3.05, 3.63) is 0 Å². The van der Waals surface area contributed by atoms with Crippen LogP contribution in [0.1, 0.15) is 39.5 Å². The molecule has 1 heterocycles. The molecule has 1 atom stereocenters. The number of rotatable bonds is 3. The summed E-state index contributed by atoms with van der Waals surface area (Å²) in [6.07, 6.45) is 4.15. The van der Waals surface area contributed by atoms with E-state index in [1.807, 2.05) is 6.92 Å². The summed E-state index contributed by atoms with van der Waals surface area (Å²) in [6.45, 7) is 4.83. The molecular formula is C9H17NO2. The monoisotopic (exact) mass is 171 g/mol. The quantitative estimate of drug-likeness (QED) is 0.482. The SMILES string of the molecule is CC/C(C)=N/OC1CCCCO1. The molecule has 3 nitrogen and oxygen atoms in total. The van der Waals surface area contributed by atoms with Gasteiger partial charge in [-0.15, -0.1) is 0 Å². The Kier molecular flexibility index (Phi) is 4.08. The second kappa shape index (κ2) is 5.14. The molecule has 0 aromatic heterocycles. The van der Waals surface area contributed by atoms with Gasteiger partial charge in [0, 0.05) is 6.42 Å². The maximum atomic E-state index is 5.34. The lowest BCUT2D eigenvalue weighted by atomic mass is 10.2. The molecular weight excluding hydrogens is 154 g/mol. The fourth-order valence-corrected chi connectivity index (χ4v) is 1.01. The lowest BCUT2D eigenvalue weighted by Gasteiger charge is -2.20. The highest BCUT2D eigenvalue weighted by atomic mass is 16.8. The Morgan fingerprint density at radius 3 is 3.00 bits per heavy atom. The van der Waals surface area contributed by atoms with E-state index in [0.717, 1.165) is 31.6 Å². The Morgan fingerprint density at radius 2 is 2.42 bits per heavy atom. The van der Waals surface area contributed by atoms with Gasteiger partial charge in [-0.05, 0) is 26.2 Å². The molecule has 0 aromatic rings. The second-order valence-corrected chi connectivity index (χ2v) is 3.08. The van der Waals surface area contributed by atoms with Gasteiger partial charge in [-0.2, -0.15) is 0 Å². The zero-order chi connectivity index (χ0) is 8.81. The number of nitrogens with zero attached hydrogens (tertiary/aromatic N) is 1. The number of hydrogen-bond donors (Lipinski definition) is 0. The molecule has 0 N–H and O–H groups in total. The van der Waals surface area contributed by atoms with Crippen molar-refractivity contribution in [2.75, 3.05) is 6.61 Å². The predicted molar refractivity (Wildman–Crippen MR) is 48.1 cm³/mol. The molecule has 0 saturated carbocycles. The maximum Gasteiger partial charge on any atom is 0.226 e. The first-order chi connectivity index (χ1) is 5.83. The Balaban J connectivity index is 2.21. The highest BCUT2D eigenvalue weighted by Crippen LogP contribution is 2.13. The molecule has 1 fully saturated rings. The summed E-state index contributed by atoms with van der Waals surface area (Å²) in [6, 6.07) is 0. The maximum absolute atomic E-state index is 5.34. The van der Waals surface area contributed by atoms with Crippen LogP contribution in [0.2, 0.25) is 0 Å². The summed E-state index contributed by atoms with van der Waals surface area (Å²) >= 11 is 0. The van der Waals surface area contributed by atoms with E-state index >= 15 is 0 Å². The Morgan fingerprint density at radius 1 is 1.58 bits per heavy atom. The number of ether oxygens (including phenoxy) is 1. The van der Waals surface area contributed by atoms with Crippen molar-refractivity contribution in [2.24, 2.45) is 5.16 Å². The second-order valence-electron chi connectivity index (χ2n) is 3.08. The first-order valence-electron chi connectivity index (χ1n) is 4.64. The average Bonchev–Trinajstić information content (AvgIpc) is 2.16. The summed E-state index contributed by atoms with van der Waals surface area (Å²) in [4.78, 5) is 5.20. The summed E-state index contributed by atoms with van der Waals surface area (Å²) in [5.74, 6) is 0. The first-order valence-corrected chi connectivity index (χ1v) is 4.64. The van der Waals surface area contributed by atoms with Gasteiger partial charge in [-0.1, -0.05) is 12.1 Å². The molecule has 1 aliphatic rings. The van der Waals surface area contributed by atoms with E-state index < -0.39 is 0 Å². The van der Waals surface area contributed by atoms with Gasteiger partial charge in [0.2, 0.25) is 6.29 Å². The van der Waals surface area contributed by atoms with Crippen LogP contribution >= 0.6 is 0 Å². The zero-order valence-corrected chi connectivity index (χ0v) is 7.88. The van der Waals surface area contributed by atoms with Gasteiger partial charge in [0.1, 0.15) is 0 Å². The number of oxime groups is 1. The minimum absolute atomic E-state index is 0.0970. The fourth-order valence-electron chi connectivity index (χ4n) is 1.01. The van der Waals surface area contributed by atoms with E-state index in [1.165, 1.54) is 6.42 Å². The van der Waals surface area contributed by atoms with Crippen LogP contribution in [0.15, 0.2) is 5.16 Å². The Hall–Kier alpha value is -0.570. The zero-order valence-electron chi connectivity index (χ0n) is 7.88. The molecule has 70 valence electrons. The highest BCUT2D eigenvalue weighted by molar-refractivity contribution is 5.80. The molecule has 1 unspecified atom stereocenters. The lowest BCUT2D eigenvalue weighted by molar-refractivity contribution is -0.162. The normalized spacial score (nSPS) is 25.5. The third-order valence-corrected chi connectivity index (χ3v) is 1.98. The molecule has 12 heavy (non-hydrogen) atoms. The van der Waals surface area contributed by atoms with Crippen molar-refractivity contribution in [3.63, 3.8) is 0 Å². The van der Waals surface area contributed by atoms with Crippen LogP contribution in [0.5, 0.6) is 0 Å². The molecule has 0 bridgehead atoms. The number of hydrogen-bond acceptors (Lipinski definition) is 3. The predicted octanol–water partition coefficient (Wildman–Crippen LogP) is 2.32. The van der Waals surface area contributed by atoms with E-state index in [0.29, 0.717) is 0 Å². The van der Waals surface area contributed by atoms with Gasteiger partial charge >= 0.3 is 0 Å². The molecule has 1 aliphatic heterocycles. The van der Waals surface area contributed by atoms with Crippen LogP contribution < -0.4 is 0 Å². The lowest BCUT2D eigenvalue weighted by Crippen LogP contribution is -2.20. The van der Waals surface area contributed by atoms with E-state index in [-0.39, 0.29) is 6.29 Å². The van der Waals surface area contributed by atoms with Gasteiger partial charge in [0.25, 0.3) is 0 Å².